The van der Waals surface area contributed by atoms with Gasteiger partial charge < -0.3 is 0 Å². The molecule has 1 fully saturated rings. The van der Waals surface area contributed by atoms with Crippen molar-refractivity contribution < 1.29 is 21.2 Å². The Bertz CT molecular complexity index is 1030. The zero-order chi connectivity index (χ0) is 18.9. The smallest absolute Gasteiger partial charge is 0.264 e. The van der Waals surface area contributed by atoms with Crippen LogP contribution < -0.4 is 4.72 Å². The third-order valence-electron chi connectivity index (χ3n) is 4.34. The van der Waals surface area contributed by atoms with Crippen molar-refractivity contribution in [3.8, 4) is 0 Å². The predicted octanol–water partition coefficient (Wildman–Crippen LogP) is 4.00. The highest BCUT2D eigenvalue weighted by Crippen LogP contribution is 2.31. The number of hydrogen-bond donors (Lipinski definition) is 1. The van der Waals surface area contributed by atoms with Gasteiger partial charge in [-0.15, -0.1) is 0 Å². The van der Waals surface area contributed by atoms with E-state index < -0.39 is 35.8 Å². The molecule has 2 aromatic carbocycles. The molecule has 1 N–H and O–H groups in total. The lowest BCUT2D eigenvalue weighted by atomic mass is 10.3. The van der Waals surface area contributed by atoms with Crippen LogP contribution in [0.3, 0.4) is 0 Å². The maximum absolute atomic E-state index is 13.9. The maximum Gasteiger partial charge on any atom is 0.264 e. The van der Waals surface area contributed by atoms with Crippen LogP contribution in [-0.4, -0.2) is 22.1 Å². The Hall–Kier alpha value is -1.64. The second-order valence-corrected chi connectivity index (χ2v) is 10.5. The first kappa shape index (κ1) is 19.1. The normalized spacial score (nSPS) is 15.9. The standard InChI is InChI=1S/C17H17ClFNO4S2/c18-12-8-9-17(16(19)10-12)26(23,24)20-13-4-3-7-15(11-13)25(21,22)14-5-1-2-6-14/h3-4,7-11,14,20H,1-2,5-6H2. The van der Waals surface area contributed by atoms with E-state index in [4.69, 9.17) is 11.6 Å². The van der Waals surface area contributed by atoms with Crippen LogP contribution in [0.5, 0.6) is 0 Å². The van der Waals surface area contributed by atoms with Gasteiger partial charge in [-0.2, -0.15) is 0 Å². The fourth-order valence-corrected chi connectivity index (χ4v) is 6.20. The summed E-state index contributed by atoms with van der Waals surface area (Å²) in [5.41, 5.74) is 0.0541. The molecule has 0 spiro atoms. The van der Waals surface area contributed by atoms with E-state index in [1.165, 1.54) is 30.3 Å². The van der Waals surface area contributed by atoms with Crippen molar-refractivity contribution in [1.82, 2.24) is 0 Å². The number of nitrogens with one attached hydrogen (secondary N) is 1. The molecule has 0 aromatic heterocycles. The van der Waals surface area contributed by atoms with Crippen LogP contribution in [0, 0.1) is 5.82 Å². The molecule has 0 heterocycles. The van der Waals surface area contributed by atoms with Gasteiger partial charge in [-0.1, -0.05) is 30.5 Å². The first-order valence-electron chi connectivity index (χ1n) is 8.02. The van der Waals surface area contributed by atoms with E-state index in [1.807, 2.05) is 0 Å². The van der Waals surface area contributed by atoms with Gasteiger partial charge in [-0.05, 0) is 49.2 Å². The molecule has 1 saturated carbocycles. The summed E-state index contributed by atoms with van der Waals surface area (Å²) in [6.45, 7) is 0. The number of hydrogen-bond acceptors (Lipinski definition) is 4. The summed E-state index contributed by atoms with van der Waals surface area (Å²) in [5.74, 6) is -0.986. The second kappa shape index (κ2) is 7.17. The zero-order valence-corrected chi connectivity index (χ0v) is 16.0. The number of halogens is 2. The number of benzene rings is 2. The van der Waals surface area contributed by atoms with Gasteiger partial charge in [0.15, 0.2) is 9.84 Å². The largest absolute Gasteiger partial charge is 0.280 e. The van der Waals surface area contributed by atoms with Crippen LogP contribution in [0.15, 0.2) is 52.3 Å². The van der Waals surface area contributed by atoms with Gasteiger partial charge in [-0.25, -0.2) is 21.2 Å². The molecule has 0 aliphatic heterocycles. The molecule has 0 atom stereocenters. The summed E-state index contributed by atoms with van der Waals surface area (Å²) < 4.78 is 66.3. The molecule has 3 rings (SSSR count). The third-order valence-corrected chi connectivity index (χ3v) is 8.25. The van der Waals surface area contributed by atoms with E-state index in [0.717, 1.165) is 25.0 Å². The summed E-state index contributed by atoms with van der Waals surface area (Å²) in [4.78, 5) is -0.507. The van der Waals surface area contributed by atoms with E-state index in [9.17, 15) is 21.2 Å². The Morgan fingerprint density at radius 3 is 2.35 bits per heavy atom. The number of anilines is 1. The molecule has 2 aromatic rings. The molecule has 0 bridgehead atoms. The fraction of sp³-hybridized carbons (Fsp3) is 0.294. The van der Waals surface area contributed by atoms with E-state index in [1.54, 1.807) is 0 Å². The Kier molecular flexibility index (Phi) is 5.28. The van der Waals surface area contributed by atoms with Gasteiger partial charge in [-0.3, -0.25) is 4.72 Å². The lowest BCUT2D eigenvalue weighted by molar-refractivity contribution is 0.570. The minimum absolute atomic E-state index is 0.0541. The Balaban J connectivity index is 1.91. The molecule has 0 saturated heterocycles. The van der Waals surface area contributed by atoms with Crippen LogP contribution in [0.4, 0.5) is 10.1 Å². The van der Waals surface area contributed by atoms with Crippen molar-refractivity contribution in [3.63, 3.8) is 0 Å². The van der Waals surface area contributed by atoms with Gasteiger partial charge in [0.25, 0.3) is 10.0 Å². The highest BCUT2D eigenvalue weighted by atomic mass is 35.5. The predicted molar refractivity (Wildman–Crippen MR) is 98.1 cm³/mol. The SMILES string of the molecule is O=S(=O)(Nc1cccc(S(=O)(=O)C2CCCC2)c1)c1ccc(Cl)cc1F. The Labute approximate surface area is 157 Å². The fourth-order valence-electron chi connectivity index (χ4n) is 3.03. The third kappa shape index (κ3) is 3.87. The number of sulfone groups is 1. The van der Waals surface area contributed by atoms with Crippen molar-refractivity contribution in [2.45, 2.75) is 40.7 Å². The molecule has 5 nitrogen and oxygen atoms in total. The summed E-state index contributed by atoms with van der Waals surface area (Å²) in [6, 6.07) is 8.79. The number of sulfonamides is 1. The average molecular weight is 418 g/mol. The van der Waals surface area contributed by atoms with Crippen molar-refractivity contribution >= 4 is 37.1 Å². The minimum Gasteiger partial charge on any atom is -0.280 e. The van der Waals surface area contributed by atoms with Crippen molar-refractivity contribution in [3.05, 3.63) is 53.3 Å². The molecule has 26 heavy (non-hydrogen) atoms. The molecule has 0 radical (unpaired) electrons. The van der Waals surface area contributed by atoms with Crippen LogP contribution in [-0.2, 0) is 19.9 Å². The van der Waals surface area contributed by atoms with Crippen molar-refractivity contribution in [2.24, 2.45) is 0 Å². The summed E-state index contributed by atoms with van der Waals surface area (Å²) in [5, 5.41) is -0.367. The van der Waals surface area contributed by atoms with E-state index >= 15 is 0 Å². The minimum atomic E-state index is -4.22. The van der Waals surface area contributed by atoms with Crippen LogP contribution in [0.1, 0.15) is 25.7 Å². The van der Waals surface area contributed by atoms with Gasteiger partial charge in [0.2, 0.25) is 0 Å². The highest BCUT2D eigenvalue weighted by molar-refractivity contribution is 7.93. The molecule has 1 aliphatic rings. The number of rotatable bonds is 5. The first-order chi connectivity index (χ1) is 12.2. The second-order valence-electron chi connectivity index (χ2n) is 6.16. The molecule has 0 amide bonds. The molecular formula is C17H17ClFNO4S2. The van der Waals surface area contributed by atoms with E-state index in [-0.39, 0.29) is 15.6 Å². The van der Waals surface area contributed by atoms with Crippen molar-refractivity contribution in [1.29, 1.82) is 0 Å². The summed E-state index contributed by atoms with van der Waals surface area (Å²) in [7, 11) is -7.74. The molecule has 0 unspecified atom stereocenters. The maximum atomic E-state index is 13.9. The van der Waals surface area contributed by atoms with Gasteiger partial charge in [0.1, 0.15) is 10.7 Å². The molecule has 9 heteroatoms. The zero-order valence-electron chi connectivity index (χ0n) is 13.7. The highest BCUT2D eigenvalue weighted by Gasteiger charge is 2.30. The van der Waals surface area contributed by atoms with Gasteiger partial charge >= 0.3 is 0 Å². The summed E-state index contributed by atoms with van der Waals surface area (Å²) in [6.07, 6.45) is 2.95. The Morgan fingerprint density at radius 2 is 1.69 bits per heavy atom. The molecule has 1 aliphatic carbocycles. The Morgan fingerprint density at radius 1 is 1.00 bits per heavy atom. The van der Waals surface area contributed by atoms with Crippen molar-refractivity contribution in [2.75, 3.05) is 4.72 Å². The van der Waals surface area contributed by atoms with Crippen LogP contribution in [0.2, 0.25) is 5.02 Å². The summed E-state index contributed by atoms with van der Waals surface area (Å²) >= 11 is 5.64. The van der Waals surface area contributed by atoms with E-state index in [2.05, 4.69) is 4.72 Å². The monoisotopic (exact) mass is 417 g/mol. The van der Waals surface area contributed by atoms with Crippen LogP contribution in [0.25, 0.3) is 0 Å². The quantitative estimate of drug-likeness (QED) is 0.797. The average Bonchev–Trinajstić information content (AvgIpc) is 3.09. The van der Waals surface area contributed by atoms with Gasteiger partial charge in [0, 0.05) is 5.02 Å². The van der Waals surface area contributed by atoms with Crippen LogP contribution >= 0.6 is 11.6 Å². The first-order valence-corrected chi connectivity index (χ1v) is 11.4. The lowest BCUT2D eigenvalue weighted by Crippen LogP contribution is -2.18. The topological polar surface area (TPSA) is 80.3 Å². The van der Waals surface area contributed by atoms with Gasteiger partial charge in [0.05, 0.1) is 15.8 Å². The lowest BCUT2D eigenvalue weighted by Gasteiger charge is -2.13. The molecular weight excluding hydrogens is 401 g/mol. The van der Waals surface area contributed by atoms with E-state index in [0.29, 0.717) is 12.8 Å². The molecule has 140 valence electrons.